The van der Waals surface area contributed by atoms with Crippen LogP contribution in [0.5, 0.6) is 5.75 Å². The molecule has 0 aliphatic heterocycles. The van der Waals surface area contributed by atoms with Crippen molar-refractivity contribution in [1.29, 1.82) is 0 Å². The Morgan fingerprint density at radius 1 is 1.45 bits per heavy atom. The van der Waals surface area contributed by atoms with Gasteiger partial charge in [-0.3, -0.25) is 4.79 Å². The number of ether oxygens (including phenoxy) is 1. The first-order valence-corrected chi connectivity index (χ1v) is 7.84. The molecule has 0 spiro atoms. The largest absolute Gasteiger partial charge is 0.486 e. The minimum absolute atomic E-state index is 0.316. The van der Waals surface area contributed by atoms with E-state index >= 15 is 0 Å². The van der Waals surface area contributed by atoms with Crippen LogP contribution < -0.4 is 10.1 Å². The lowest BCUT2D eigenvalue weighted by atomic mass is 10.2. The summed E-state index contributed by atoms with van der Waals surface area (Å²) in [6.07, 6.45) is 0. The van der Waals surface area contributed by atoms with E-state index in [0.29, 0.717) is 23.9 Å². The summed E-state index contributed by atoms with van der Waals surface area (Å²) in [5.74, 6) is 0.278. The molecule has 2 aromatic heterocycles. The monoisotopic (exact) mass is 334 g/mol. The summed E-state index contributed by atoms with van der Waals surface area (Å²) in [5, 5.41) is 6.07. The van der Waals surface area contributed by atoms with Gasteiger partial charge < -0.3 is 15.0 Å². The summed E-state index contributed by atoms with van der Waals surface area (Å²) in [5.41, 5.74) is 4.40. The molecular weight excluding hydrogens is 322 g/mol. The van der Waals surface area contributed by atoms with Crippen molar-refractivity contribution < 1.29 is 9.53 Å². The van der Waals surface area contributed by atoms with E-state index in [9.17, 15) is 4.79 Å². The topological polar surface area (TPSA) is 67.0 Å². The third kappa shape index (κ3) is 3.40. The highest BCUT2D eigenvalue weighted by molar-refractivity contribution is 7.07. The van der Waals surface area contributed by atoms with E-state index < -0.39 is 0 Å². The van der Waals surface area contributed by atoms with Gasteiger partial charge in [0.15, 0.2) is 0 Å². The van der Waals surface area contributed by atoms with Crippen LogP contribution in [0, 0.1) is 6.92 Å². The molecule has 0 aliphatic rings. The van der Waals surface area contributed by atoms with Crippen molar-refractivity contribution in [3.63, 3.8) is 0 Å². The molecule has 0 saturated heterocycles. The summed E-state index contributed by atoms with van der Waals surface area (Å²) in [6, 6.07) is 5.61. The number of H-pyrrole nitrogens is 1. The third-order valence-electron chi connectivity index (χ3n) is 3.06. The highest BCUT2D eigenvalue weighted by Crippen LogP contribution is 2.31. The second-order valence-corrected chi connectivity index (χ2v) is 5.84. The van der Waals surface area contributed by atoms with Crippen molar-refractivity contribution in [1.82, 2.24) is 15.3 Å². The van der Waals surface area contributed by atoms with Gasteiger partial charge in [0.25, 0.3) is 0 Å². The highest BCUT2D eigenvalue weighted by Gasteiger charge is 2.08. The number of aromatic amines is 1. The highest BCUT2D eigenvalue weighted by atomic mass is 35.5. The Hall–Kier alpha value is -2.05. The number of nitrogens with one attached hydrogen (secondary N) is 2. The lowest BCUT2D eigenvalue weighted by Gasteiger charge is -2.06. The van der Waals surface area contributed by atoms with Crippen molar-refractivity contribution in [2.45, 2.75) is 13.2 Å². The molecule has 5 nitrogen and oxygen atoms in total. The van der Waals surface area contributed by atoms with E-state index in [4.69, 9.17) is 16.3 Å². The zero-order valence-electron chi connectivity index (χ0n) is 11.6. The number of hydrogen-bond donors (Lipinski definition) is 2. The molecule has 113 valence electrons. The molecule has 7 heteroatoms. The first-order chi connectivity index (χ1) is 10.6. The molecule has 22 heavy (non-hydrogen) atoms. The van der Waals surface area contributed by atoms with Crippen molar-refractivity contribution in [2.75, 3.05) is 0 Å². The lowest BCUT2D eigenvalue weighted by Crippen LogP contribution is -2.19. The Kier molecular flexibility index (Phi) is 4.31. The number of hydrogen-bond acceptors (Lipinski definition) is 4. The zero-order chi connectivity index (χ0) is 15.5. The maximum Gasteiger partial charge on any atom is 0.220 e. The van der Waals surface area contributed by atoms with Crippen molar-refractivity contribution in [3.05, 3.63) is 52.4 Å². The average molecular weight is 335 g/mol. The molecular formula is C15H13ClN3O2S. The predicted octanol–water partition coefficient (Wildman–Crippen LogP) is 3.31. The van der Waals surface area contributed by atoms with Gasteiger partial charge in [0, 0.05) is 35.0 Å². The van der Waals surface area contributed by atoms with Crippen LogP contribution >= 0.6 is 22.9 Å². The van der Waals surface area contributed by atoms with Crippen LogP contribution in [0.4, 0.5) is 0 Å². The van der Waals surface area contributed by atoms with Crippen LogP contribution in [-0.2, 0) is 17.9 Å². The first-order valence-electron chi connectivity index (χ1n) is 6.52. The Balaban J connectivity index is 1.79. The van der Waals surface area contributed by atoms with Gasteiger partial charge in [0.2, 0.25) is 5.91 Å². The fourth-order valence-electron chi connectivity index (χ4n) is 2.05. The van der Waals surface area contributed by atoms with E-state index in [0.717, 1.165) is 22.3 Å². The summed E-state index contributed by atoms with van der Waals surface area (Å²) in [6.45, 7) is 4.04. The Labute approximate surface area is 136 Å². The Morgan fingerprint density at radius 3 is 3.05 bits per heavy atom. The van der Waals surface area contributed by atoms with Gasteiger partial charge in [-0.2, -0.15) is 0 Å². The van der Waals surface area contributed by atoms with Crippen LogP contribution in [0.25, 0.3) is 10.9 Å². The minimum Gasteiger partial charge on any atom is -0.486 e. The second kappa shape index (κ2) is 6.37. The number of benzene rings is 1. The zero-order valence-corrected chi connectivity index (χ0v) is 13.1. The van der Waals surface area contributed by atoms with Crippen LogP contribution in [0.2, 0.25) is 5.02 Å². The lowest BCUT2D eigenvalue weighted by molar-refractivity contribution is -0.116. The van der Waals surface area contributed by atoms with Gasteiger partial charge in [-0.25, -0.2) is 4.98 Å². The van der Waals surface area contributed by atoms with Crippen LogP contribution in [0.15, 0.2) is 29.1 Å². The summed E-state index contributed by atoms with van der Waals surface area (Å²) in [7, 11) is 0. The number of halogens is 1. The van der Waals surface area contributed by atoms with E-state index in [2.05, 4.69) is 22.2 Å². The van der Waals surface area contributed by atoms with Gasteiger partial charge >= 0.3 is 0 Å². The van der Waals surface area contributed by atoms with Gasteiger partial charge in [-0.05, 0) is 12.1 Å². The predicted molar refractivity (Wildman–Crippen MR) is 87.0 cm³/mol. The number of nitrogens with zero attached hydrogens (tertiary/aromatic N) is 1. The molecule has 0 bridgehead atoms. The normalized spacial score (nSPS) is 10.8. The quantitative estimate of drug-likeness (QED) is 0.752. The number of fused-ring (bicyclic) bond motifs is 1. The molecule has 0 saturated carbocycles. The van der Waals surface area contributed by atoms with Crippen LogP contribution in [0.1, 0.15) is 11.4 Å². The minimum atomic E-state index is -0.316. The van der Waals surface area contributed by atoms with E-state index in [1.165, 1.54) is 11.3 Å². The second-order valence-electron chi connectivity index (χ2n) is 4.71. The van der Waals surface area contributed by atoms with Gasteiger partial charge in [-0.1, -0.05) is 11.6 Å². The molecule has 1 aromatic carbocycles. The molecule has 0 atom stereocenters. The number of rotatable bonds is 5. The number of carbonyl (C=O) groups is 1. The summed E-state index contributed by atoms with van der Waals surface area (Å²) >= 11 is 7.77. The van der Waals surface area contributed by atoms with Gasteiger partial charge in [0.05, 0.1) is 22.8 Å². The Bertz CT molecular complexity index is 799. The maximum atomic E-state index is 10.9. The SMILES string of the molecule is [CH2]C(=O)NCc1cc2cc(Cl)c(OCc3cscn3)cc2[nH]1. The van der Waals surface area contributed by atoms with E-state index in [1.807, 2.05) is 23.6 Å². The maximum absolute atomic E-state index is 10.9. The molecule has 0 fully saturated rings. The van der Waals surface area contributed by atoms with Crippen molar-refractivity contribution >= 4 is 39.7 Å². The molecule has 1 amide bonds. The Morgan fingerprint density at radius 2 is 2.32 bits per heavy atom. The number of aromatic nitrogens is 2. The molecule has 2 N–H and O–H groups in total. The smallest absolute Gasteiger partial charge is 0.220 e. The van der Waals surface area contributed by atoms with E-state index in [-0.39, 0.29) is 5.91 Å². The molecule has 0 unspecified atom stereocenters. The molecule has 2 heterocycles. The fourth-order valence-corrected chi connectivity index (χ4v) is 2.82. The molecule has 3 aromatic rings. The number of thiazole rings is 1. The van der Waals surface area contributed by atoms with Crippen LogP contribution in [0.3, 0.4) is 0 Å². The van der Waals surface area contributed by atoms with Crippen molar-refractivity contribution in [2.24, 2.45) is 0 Å². The molecule has 1 radical (unpaired) electrons. The standard InChI is InChI=1S/C15H13ClN3O2S/c1-9(20)17-5-11-2-10-3-13(16)15(4-14(10)19-11)21-6-12-7-22-8-18-12/h2-4,7-8,19H,1,5-6H2,(H,17,20). The number of carbonyl (C=O) groups excluding carboxylic acids is 1. The first kappa shape index (κ1) is 14.9. The van der Waals surface area contributed by atoms with Gasteiger partial charge in [0.1, 0.15) is 12.4 Å². The number of amides is 1. The van der Waals surface area contributed by atoms with E-state index in [1.54, 1.807) is 5.51 Å². The fraction of sp³-hybridized carbons (Fsp3) is 0.133. The van der Waals surface area contributed by atoms with Gasteiger partial charge in [-0.15, -0.1) is 11.3 Å². The average Bonchev–Trinajstić information content (AvgIpc) is 3.11. The third-order valence-corrected chi connectivity index (χ3v) is 3.99. The van der Waals surface area contributed by atoms with Crippen LogP contribution in [-0.4, -0.2) is 15.9 Å². The summed E-state index contributed by atoms with van der Waals surface area (Å²) in [4.78, 5) is 18.2. The summed E-state index contributed by atoms with van der Waals surface area (Å²) < 4.78 is 5.71. The van der Waals surface area contributed by atoms with Crippen molar-refractivity contribution in [3.8, 4) is 5.75 Å². The molecule has 3 rings (SSSR count). The molecule has 0 aliphatic carbocycles.